The van der Waals surface area contributed by atoms with Gasteiger partial charge >= 0.3 is 0 Å². The summed E-state index contributed by atoms with van der Waals surface area (Å²) in [6, 6.07) is 2.15. The lowest BCUT2D eigenvalue weighted by atomic mass is 9.92. The molecule has 0 saturated heterocycles. The van der Waals surface area contributed by atoms with Crippen LogP contribution in [0.25, 0.3) is 11.3 Å². The van der Waals surface area contributed by atoms with Gasteiger partial charge in [-0.05, 0) is 25.5 Å². The standard InChI is InChI=1S/C16H15F2N3O2/c1-7-3-10-11(15-12(18)4-9(17)6-20-15)5-13(16(19)22)21-14(10)8(2)23-7/h4-8H,3H2,1-2H3,(H2,19,22)/t7-,8+/m0/s1. The van der Waals surface area contributed by atoms with Crippen molar-refractivity contribution in [3.05, 3.63) is 46.9 Å². The maximum absolute atomic E-state index is 14.2. The van der Waals surface area contributed by atoms with Gasteiger partial charge in [-0.3, -0.25) is 9.78 Å². The van der Waals surface area contributed by atoms with E-state index in [1.807, 2.05) is 6.92 Å². The lowest BCUT2D eigenvalue weighted by Crippen LogP contribution is -2.26. The van der Waals surface area contributed by atoms with Crippen LogP contribution in [-0.2, 0) is 11.2 Å². The molecule has 0 aromatic carbocycles. The van der Waals surface area contributed by atoms with Crippen molar-refractivity contribution in [1.29, 1.82) is 0 Å². The Morgan fingerprint density at radius 2 is 2.09 bits per heavy atom. The average Bonchev–Trinajstić information content (AvgIpc) is 2.46. The Hall–Kier alpha value is -2.41. The van der Waals surface area contributed by atoms with Gasteiger partial charge in [-0.2, -0.15) is 0 Å². The summed E-state index contributed by atoms with van der Waals surface area (Å²) in [6.07, 6.45) is 0.956. The quantitative estimate of drug-likeness (QED) is 0.922. The zero-order chi connectivity index (χ0) is 16.7. The molecule has 120 valence electrons. The van der Waals surface area contributed by atoms with Crippen LogP contribution in [0.2, 0.25) is 0 Å². The van der Waals surface area contributed by atoms with E-state index in [2.05, 4.69) is 9.97 Å². The SMILES string of the molecule is C[C@H]1Cc2c(-c3ncc(F)cc3F)cc(C(N)=O)nc2[C@@H](C)O1. The third-order valence-electron chi connectivity index (χ3n) is 3.78. The monoisotopic (exact) mass is 319 g/mol. The summed E-state index contributed by atoms with van der Waals surface area (Å²) in [5.74, 6) is -2.31. The first-order valence-corrected chi connectivity index (χ1v) is 7.17. The Balaban J connectivity index is 2.28. The predicted octanol–water partition coefficient (Wildman–Crippen LogP) is 2.54. The van der Waals surface area contributed by atoms with Crippen molar-refractivity contribution in [2.45, 2.75) is 32.5 Å². The van der Waals surface area contributed by atoms with Crippen molar-refractivity contribution in [2.24, 2.45) is 5.73 Å². The van der Waals surface area contributed by atoms with Gasteiger partial charge < -0.3 is 10.5 Å². The maximum Gasteiger partial charge on any atom is 0.267 e. The maximum atomic E-state index is 14.2. The minimum atomic E-state index is -0.805. The molecule has 0 spiro atoms. The summed E-state index contributed by atoms with van der Waals surface area (Å²) in [7, 11) is 0. The number of primary amides is 1. The average molecular weight is 319 g/mol. The molecule has 2 N–H and O–H groups in total. The lowest BCUT2D eigenvalue weighted by Gasteiger charge is -2.29. The number of rotatable bonds is 2. The lowest BCUT2D eigenvalue weighted by molar-refractivity contribution is -0.00740. The molecule has 3 rings (SSSR count). The second-order valence-corrected chi connectivity index (χ2v) is 5.56. The fourth-order valence-electron chi connectivity index (χ4n) is 2.84. The van der Waals surface area contributed by atoms with Gasteiger partial charge in [-0.1, -0.05) is 0 Å². The van der Waals surface area contributed by atoms with E-state index < -0.39 is 17.5 Å². The highest BCUT2D eigenvalue weighted by Gasteiger charge is 2.29. The first-order valence-electron chi connectivity index (χ1n) is 7.17. The van der Waals surface area contributed by atoms with Crippen LogP contribution in [0.5, 0.6) is 0 Å². The fraction of sp³-hybridized carbons (Fsp3) is 0.312. The van der Waals surface area contributed by atoms with Crippen LogP contribution in [0.4, 0.5) is 8.78 Å². The van der Waals surface area contributed by atoms with Crippen LogP contribution < -0.4 is 5.73 Å². The van der Waals surface area contributed by atoms with Gasteiger partial charge in [-0.25, -0.2) is 13.8 Å². The molecule has 0 radical (unpaired) electrons. The Bertz CT molecular complexity index is 795. The van der Waals surface area contributed by atoms with E-state index >= 15 is 0 Å². The molecule has 0 saturated carbocycles. The molecule has 0 unspecified atom stereocenters. The van der Waals surface area contributed by atoms with Crippen LogP contribution >= 0.6 is 0 Å². The third kappa shape index (κ3) is 2.79. The van der Waals surface area contributed by atoms with E-state index in [-0.39, 0.29) is 23.6 Å². The smallest absolute Gasteiger partial charge is 0.267 e. The van der Waals surface area contributed by atoms with Gasteiger partial charge in [0, 0.05) is 18.1 Å². The molecule has 2 aromatic rings. The van der Waals surface area contributed by atoms with Crippen molar-refractivity contribution in [3.63, 3.8) is 0 Å². The predicted molar refractivity (Wildman–Crippen MR) is 78.6 cm³/mol. The molecule has 0 fully saturated rings. The number of carbonyl (C=O) groups is 1. The molecule has 0 aliphatic carbocycles. The number of fused-ring (bicyclic) bond motifs is 1. The summed E-state index contributed by atoms with van der Waals surface area (Å²) in [4.78, 5) is 19.6. The van der Waals surface area contributed by atoms with Crippen LogP contribution in [0.15, 0.2) is 18.3 Å². The van der Waals surface area contributed by atoms with Gasteiger partial charge in [-0.15, -0.1) is 0 Å². The normalized spacial score (nSPS) is 20.2. The molecule has 23 heavy (non-hydrogen) atoms. The van der Waals surface area contributed by atoms with Crippen molar-refractivity contribution < 1.29 is 18.3 Å². The van der Waals surface area contributed by atoms with Crippen LogP contribution in [-0.4, -0.2) is 22.0 Å². The third-order valence-corrected chi connectivity index (χ3v) is 3.78. The van der Waals surface area contributed by atoms with Crippen LogP contribution in [0.3, 0.4) is 0 Å². The highest BCUT2D eigenvalue weighted by Crippen LogP contribution is 2.36. The Morgan fingerprint density at radius 3 is 2.74 bits per heavy atom. The Morgan fingerprint density at radius 1 is 1.35 bits per heavy atom. The zero-order valence-corrected chi connectivity index (χ0v) is 12.6. The number of halogens is 2. The number of pyridine rings is 2. The summed E-state index contributed by atoms with van der Waals surface area (Å²) < 4.78 is 33.0. The number of carbonyl (C=O) groups excluding carboxylic acids is 1. The van der Waals surface area contributed by atoms with E-state index in [0.29, 0.717) is 17.7 Å². The van der Waals surface area contributed by atoms with Crippen molar-refractivity contribution in [3.8, 4) is 11.3 Å². The molecular formula is C16H15F2N3O2. The first kappa shape index (κ1) is 15.5. The molecule has 1 aliphatic heterocycles. The van der Waals surface area contributed by atoms with Gasteiger partial charge in [0.2, 0.25) is 0 Å². The van der Waals surface area contributed by atoms with E-state index in [4.69, 9.17) is 10.5 Å². The van der Waals surface area contributed by atoms with Gasteiger partial charge in [0.05, 0.1) is 24.1 Å². The molecule has 3 heterocycles. The number of hydrogen-bond donors (Lipinski definition) is 1. The minimum Gasteiger partial charge on any atom is -0.369 e. The van der Waals surface area contributed by atoms with Crippen molar-refractivity contribution in [1.82, 2.24) is 9.97 Å². The Labute approximate surface area is 131 Å². The number of nitrogens with two attached hydrogens (primary N) is 1. The number of aromatic nitrogens is 2. The van der Waals surface area contributed by atoms with Gasteiger partial charge in [0.15, 0.2) is 5.82 Å². The number of hydrogen-bond acceptors (Lipinski definition) is 4. The van der Waals surface area contributed by atoms with Crippen LogP contribution in [0.1, 0.15) is 41.7 Å². The summed E-state index contributed by atoms with van der Waals surface area (Å²) >= 11 is 0. The second kappa shape index (κ2) is 5.66. The zero-order valence-electron chi connectivity index (χ0n) is 12.6. The molecule has 5 nitrogen and oxygen atoms in total. The van der Waals surface area contributed by atoms with Gasteiger partial charge in [0.1, 0.15) is 17.2 Å². The van der Waals surface area contributed by atoms with Gasteiger partial charge in [0.25, 0.3) is 5.91 Å². The molecule has 0 bridgehead atoms. The molecule has 1 amide bonds. The molecule has 2 aromatic heterocycles. The fourth-order valence-corrected chi connectivity index (χ4v) is 2.84. The summed E-state index contributed by atoms with van der Waals surface area (Å²) in [5, 5.41) is 0. The van der Waals surface area contributed by atoms with Crippen molar-refractivity contribution >= 4 is 5.91 Å². The van der Waals surface area contributed by atoms with E-state index in [0.717, 1.165) is 17.8 Å². The van der Waals surface area contributed by atoms with E-state index in [1.54, 1.807) is 6.92 Å². The first-order chi connectivity index (χ1) is 10.9. The summed E-state index contributed by atoms with van der Waals surface area (Å²) in [5.41, 5.74) is 6.93. The summed E-state index contributed by atoms with van der Waals surface area (Å²) in [6.45, 7) is 3.68. The second-order valence-electron chi connectivity index (χ2n) is 5.56. The number of ether oxygens (including phenoxy) is 1. The topological polar surface area (TPSA) is 78.1 Å². The largest absolute Gasteiger partial charge is 0.369 e. The molecule has 7 heteroatoms. The van der Waals surface area contributed by atoms with Crippen molar-refractivity contribution in [2.75, 3.05) is 0 Å². The molecule has 2 atom stereocenters. The molecular weight excluding hydrogens is 304 g/mol. The molecule has 1 aliphatic rings. The van der Waals surface area contributed by atoms with Crippen LogP contribution in [0, 0.1) is 11.6 Å². The highest BCUT2D eigenvalue weighted by atomic mass is 19.1. The minimum absolute atomic E-state index is 0.00530. The Kier molecular flexibility index (Phi) is 3.81. The highest BCUT2D eigenvalue weighted by molar-refractivity contribution is 5.92. The number of nitrogens with zero attached hydrogens (tertiary/aromatic N) is 2. The van der Waals surface area contributed by atoms with E-state index in [1.165, 1.54) is 6.07 Å². The number of amides is 1. The van der Waals surface area contributed by atoms with E-state index in [9.17, 15) is 13.6 Å².